The zero-order valence-electron chi connectivity index (χ0n) is 16.7. The first-order valence-corrected chi connectivity index (χ1v) is 9.26. The average Bonchev–Trinajstić information content (AvgIpc) is 2.74. The molecule has 0 atom stereocenters. The second-order valence-corrected chi connectivity index (χ2v) is 6.37. The fraction of sp³-hybridized carbons (Fsp3) is 0.227. The molecule has 7 nitrogen and oxygen atoms in total. The molecule has 0 unspecified atom stereocenters. The van der Waals surface area contributed by atoms with E-state index < -0.39 is 0 Å². The molecule has 0 saturated heterocycles. The number of aromatic nitrogens is 2. The standard InChI is InChI=1S/C22H24N4O3/c1-15-24-19(14-21(25-15)23-12-11-16-7-5-4-6-8-16)22(27)26-18-13-17(28-2)9-10-20(18)29-3/h4-10,13-14H,11-12H2,1-3H3,(H,26,27)(H,23,24,25). The SMILES string of the molecule is COc1ccc(OC)c(NC(=O)c2cc(NCCc3ccccc3)nc(C)n2)c1. The van der Waals surface area contributed by atoms with Crippen molar-refractivity contribution in [3.05, 3.63) is 71.7 Å². The van der Waals surface area contributed by atoms with Crippen LogP contribution in [-0.2, 0) is 6.42 Å². The Morgan fingerprint density at radius 2 is 1.79 bits per heavy atom. The Kier molecular flexibility index (Phi) is 6.63. The van der Waals surface area contributed by atoms with Crippen molar-refractivity contribution < 1.29 is 14.3 Å². The number of hydrogen-bond acceptors (Lipinski definition) is 6. The Morgan fingerprint density at radius 1 is 1.00 bits per heavy atom. The van der Waals surface area contributed by atoms with Gasteiger partial charge in [-0.3, -0.25) is 4.79 Å². The first kappa shape index (κ1) is 20.1. The van der Waals surface area contributed by atoms with Gasteiger partial charge >= 0.3 is 0 Å². The normalized spacial score (nSPS) is 10.3. The number of nitrogens with one attached hydrogen (secondary N) is 2. The average molecular weight is 392 g/mol. The zero-order valence-corrected chi connectivity index (χ0v) is 16.7. The number of carbonyl (C=O) groups excluding carboxylic acids is 1. The summed E-state index contributed by atoms with van der Waals surface area (Å²) >= 11 is 0. The smallest absolute Gasteiger partial charge is 0.274 e. The molecule has 7 heteroatoms. The van der Waals surface area contributed by atoms with Crippen LogP contribution in [0.25, 0.3) is 0 Å². The Hall–Kier alpha value is -3.61. The lowest BCUT2D eigenvalue weighted by Gasteiger charge is -2.12. The van der Waals surface area contributed by atoms with E-state index in [1.165, 1.54) is 5.56 Å². The number of carbonyl (C=O) groups is 1. The molecule has 1 amide bonds. The van der Waals surface area contributed by atoms with Gasteiger partial charge in [0.15, 0.2) is 0 Å². The van der Waals surface area contributed by atoms with E-state index in [-0.39, 0.29) is 11.6 Å². The topological polar surface area (TPSA) is 85.4 Å². The van der Waals surface area contributed by atoms with Crippen molar-refractivity contribution in [2.45, 2.75) is 13.3 Å². The molecule has 3 aromatic rings. The van der Waals surface area contributed by atoms with E-state index in [0.717, 1.165) is 6.42 Å². The molecular weight excluding hydrogens is 368 g/mol. The summed E-state index contributed by atoms with van der Waals surface area (Å²) in [5.74, 6) is 1.91. The minimum absolute atomic E-state index is 0.268. The van der Waals surface area contributed by atoms with Crippen LogP contribution in [0.3, 0.4) is 0 Å². The Morgan fingerprint density at radius 3 is 2.52 bits per heavy atom. The number of ether oxygens (including phenoxy) is 2. The highest BCUT2D eigenvalue weighted by Crippen LogP contribution is 2.29. The van der Waals surface area contributed by atoms with Gasteiger partial charge in [-0.1, -0.05) is 30.3 Å². The maximum Gasteiger partial charge on any atom is 0.274 e. The van der Waals surface area contributed by atoms with E-state index in [2.05, 4.69) is 32.7 Å². The van der Waals surface area contributed by atoms with Gasteiger partial charge in [-0.25, -0.2) is 9.97 Å². The molecule has 0 spiro atoms. The summed E-state index contributed by atoms with van der Waals surface area (Å²) in [5, 5.41) is 6.08. The Balaban J connectivity index is 1.71. The highest BCUT2D eigenvalue weighted by Gasteiger charge is 2.14. The maximum atomic E-state index is 12.8. The lowest BCUT2D eigenvalue weighted by molar-refractivity contribution is 0.102. The second kappa shape index (κ2) is 9.54. The lowest BCUT2D eigenvalue weighted by atomic mass is 10.1. The van der Waals surface area contributed by atoms with Crippen LogP contribution in [0.1, 0.15) is 21.9 Å². The molecule has 0 fully saturated rings. The fourth-order valence-corrected chi connectivity index (χ4v) is 2.85. The molecule has 2 aromatic carbocycles. The first-order valence-electron chi connectivity index (χ1n) is 9.26. The summed E-state index contributed by atoms with van der Waals surface area (Å²) in [7, 11) is 3.11. The zero-order chi connectivity index (χ0) is 20.6. The molecule has 0 saturated carbocycles. The minimum Gasteiger partial charge on any atom is -0.497 e. The first-order chi connectivity index (χ1) is 14.1. The number of nitrogens with zero attached hydrogens (tertiary/aromatic N) is 2. The highest BCUT2D eigenvalue weighted by atomic mass is 16.5. The van der Waals surface area contributed by atoms with Crippen LogP contribution in [0.5, 0.6) is 11.5 Å². The fourth-order valence-electron chi connectivity index (χ4n) is 2.85. The van der Waals surface area contributed by atoms with Crippen molar-refractivity contribution in [2.24, 2.45) is 0 Å². The summed E-state index contributed by atoms with van der Waals surface area (Å²) in [4.78, 5) is 21.4. The number of hydrogen-bond donors (Lipinski definition) is 2. The molecule has 150 valence electrons. The number of anilines is 2. The predicted molar refractivity (Wildman–Crippen MR) is 113 cm³/mol. The van der Waals surface area contributed by atoms with Crippen LogP contribution < -0.4 is 20.1 Å². The van der Waals surface area contributed by atoms with Gasteiger partial charge in [-0.2, -0.15) is 0 Å². The van der Waals surface area contributed by atoms with Crippen molar-refractivity contribution >= 4 is 17.4 Å². The molecule has 0 bridgehead atoms. The molecule has 1 heterocycles. The molecule has 0 aliphatic heterocycles. The number of benzene rings is 2. The van der Waals surface area contributed by atoms with Crippen LogP contribution in [0, 0.1) is 6.92 Å². The van der Waals surface area contributed by atoms with Gasteiger partial charge < -0.3 is 20.1 Å². The van der Waals surface area contributed by atoms with Crippen LogP contribution in [0.15, 0.2) is 54.6 Å². The highest BCUT2D eigenvalue weighted by molar-refractivity contribution is 6.04. The van der Waals surface area contributed by atoms with Crippen molar-refractivity contribution in [3.8, 4) is 11.5 Å². The van der Waals surface area contributed by atoms with Crippen LogP contribution in [0.2, 0.25) is 0 Å². The number of rotatable bonds is 8. The third-order valence-electron chi connectivity index (χ3n) is 4.29. The number of methoxy groups -OCH3 is 2. The maximum absolute atomic E-state index is 12.8. The lowest BCUT2D eigenvalue weighted by Crippen LogP contribution is -2.17. The summed E-state index contributed by atoms with van der Waals surface area (Å²) in [6, 6.07) is 17.0. The molecule has 2 N–H and O–H groups in total. The Labute approximate surface area is 170 Å². The van der Waals surface area contributed by atoms with E-state index >= 15 is 0 Å². The predicted octanol–water partition coefficient (Wildman–Crippen LogP) is 3.71. The van der Waals surface area contributed by atoms with E-state index in [4.69, 9.17) is 9.47 Å². The largest absolute Gasteiger partial charge is 0.497 e. The molecule has 29 heavy (non-hydrogen) atoms. The molecule has 0 aliphatic carbocycles. The molecule has 0 aliphatic rings. The van der Waals surface area contributed by atoms with Crippen LogP contribution in [0.4, 0.5) is 11.5 Å². The van der Waals surface area contributed by atoms with Gasteiger partial charge in [0.25, 0.3) is 5.91 Å². The number of amides is 1. The summed E-state index contributed by atoms with van der Waals surface area (Å²) in [6.07, 6.45) is 0.854. The van der Waals surface area contributed by atoms with Gasteiger partial charge in [-0.15, -0.1) is 0 Å². The Bertz CT molecular complexity index is 977. The molecule has 1 aromatic heterocycles. The third-order valence-corrected chi connectivity index (χ3v) is 4.29. The summed E-state index contributed by atoms with van der Waals surface area (Å²) in [5.41, 5.74) is 2.00. The van der Waals surface area contributed by atoms with Gasteiger partial charge in [-0.05, 0) is 31.0 Å². The quantitative estimate of drug-likeness (QED) is 0.608. The summed E-state index contributed by atoms with van der Waals surface area (Å²) < 4.78 is 10.5. The van der Waals surface area contributed by atoms with Gasteiger partial charge in [0, 0.05) is 18.7 Å². The van der Waals surface area contributed by atoms with Crippen molar-refractivity contribution in [3.63, 3.8) is 0 Å². The monoisotopic (exact) mass is 392 g/mol. The van der Waals surface area contributed by atoms with E-state index in [9.17, 15) is 4.79 Å². The van der Waals surface area contributed by atoms with E-state index in [1.54, 1.807) is 45.4 Å². The molecule has 3 rings (SSSR count). The van der Waals surface area contributed by atoms with E-state index in [0.29, 0.717) is 35.4 Å². The molecule has 0 radical (unpaired) electrons. The molecular formula is C22H24N4O3. The van der Waals surface area contributed by atoms with Crippen molar-refractivity contribution in [1.29, 1.82) is 0 Å². The number of aryl methyl sites for hydroxylation is 1. The third kappa shape index (κ3) is 5.44. The van der Waals surface area contributed by atoms with Crippen molar-refractivity contribution in [2.75, 3.05) is 31.4 Å². The van der Waals surface area contributed by atoms with E-state index in [1.807, 2.05) is 18.2 Å². The van der Waals surface area contributed by atoms with Crippen molar-refractivity contribution in [1.82, 2.24) is 9.97 Å². The van der Waals surface area contributed by atoms with Gasteiger partial charge in [0.1, 0.15) is 28.8 Å². The second-order valence-electron chi connectivity index (χ2n) is 6.37. The minimum atomic E-state index is -0.354. The van der Waals surface area contributed by atoms with Gasteiger partial charge in [0.05, 0.1) is 19.9 Å². The van der Waals surface area contributed by atoms with Crippen LogP contribution >= 0.6 is 0 Å². The summed E-state index contributed by atoms with van der Waals surface area (Å²) in [6.45, 7) is 2.45. The van der Waals surface area contributed by atoms with Crippen LogP contribution in [-0.4, -0.2) is 36.6 Å². The van der Waals surface area contributed by atoms with Gasteiger partial charge in [0.2, 0.25) is 0 Å².